The Morgan fingerprint density at radius 1 is 1.58 bits per heavy atom. The summed E-state index contributed by atoms with van der Waals surface area (Å²) in [6.45, 7) is 0.887. The summed E-state index contributed by atoms with van der Waals surface area (Å²) >= 11 is 5.92. The number of nitro benzene ring substituents is 1. The fourth-order valence-corrected chi connectivity index (χ4v) is 2.45. The zero-order valence-corrected chi connectivity index (χ0v) is 10.8. The van der Waals surface area contributed by atoms with E-state index in [9.17, 15) is 14.9 Å². The molecule has 1 atom stereocenters. The van der Waals surface area contributed by atoms with Crippen LogP contribution in [0, 0.1) is 16.0 Å². The van der Waals surface area contributed by atoms with E-state index >= 15 is 0 Å². The topological polar surface area (TPSA) is 83.7 Å². The van der Waals surface area contributed by atoms with Crippen LogP contribution in [0.15, 0.2) is 18.2 Å². The van der Waals surface area contributed by atoms with Crippen molar-refractivity contribution in [2.75, 3.05) is 19.7 Å². The molecule has 1 aliphatic heterocycles. The molecule has 1 saturated heterocycles. The lowest BCUT2D eigenvalue weighted by Crippen LogP contribution is -2.30. The zero-order chi connectivity index (χ0) is 14.0. The molecule has 1 fully saturated rings. The maximum absolute atomic E-state index is 12.3. The molecule has 1 aliphatic rings. The van der Waals surface area contributed by atoms with Gasteiger partial charge in [0.15, 0.2) is 0 Å². The summed E-state index contributed by atoms with van der Waals surface area (Å²) in [6, 6.07) is 4.16. The van der Waals surface area contributed by atoms with Gasteiger partial charge in [0.1, 0.15) is 5.56 Å². The number of amides is 1. The van der Waals surface area contributed by atoms with E-state index in [1.807, 2.05) is 0 Å². The summed E-state index contributed by atoms with van der Waals surface area (Å²) < 4.78 is 0. The van der Waals surface area contributed by atoms with E-state index in [0.29, 0.717) is 19.5 Å². The molecule has 0 bridgehead atoms. The van der Waals surface area contributed by atoms with Crippen molar-refractivity contribution in [3.8, 4) is 0 Å². The van der Waals surface area contributed by atoms with E-state index in [4.69, 9.17) is 16.7 Å². The van der Waals surface area contributed by atoms with Gasteiger partial charge in [-0.2, -0.15) is 0 Å². The van der Waals surface area contributed by atoms with E-state index in [2.05, 4.69) is 0 Å². The fourth-order valence-electron chi connectivity index (χ4n) is 2.20. The normalized spacial score (nSPS) is 18.6. The Hall–Kier alpha value is -1.66. The van der Waals surface area contributed by atoms with Crippen LogP contribution in [0.4, 0.5) is 5.69 Å². The van der Waals surface area contributed by atoms with Crippen molar-refractivity contribution in [3.05, 3.63) is 38.9 Å². The number of nitro groups is 1. The third kappa shape index (κ3) is 2.69. The van der Waals surface area contributed by atoms with Crippen molar-refractivity contribution < 1.29 is 14.8 Å². The lowest BCUT2D eigenvalue weighted by atomic mass is 10.1. The number of likely N-dealkylation sites (tertiary alicyclic amines) is 1. The van der Waals surface area contributed by atoms with Crippen LogP contribution in [0.5, 0.6) is 0 Å². The number of rotatable bonds is 3. The van der Waals surface area contributed by atoms with Gasteiger partial charge in [-0.1, -0.05) is 17.7 Å². The van der Waals surface area contributed by atoms with Crippen molar-refractivity contribution in [1.82, 2.24) is 4.90 Å². The number of benzene rings is 1. The maximum Gasteiger partial charge on any atom is 0.283 e. The van der Waals surface area contributed by atoms with E-state index in [1.165, 1.54) is 23.1 Å². The molecule has 6 nitrogen and oxygen atoms in total. The fraction of sp³-hybridized carbons (Fsp3) is 0.417. The summed E-state index contributed by atoms with van der Waals surface area (Å²) in [5, 5.41) is 20.1. The van der Waals surface area contributed by atoms with E-state index < -0.39 is 10.8 Å². The molecule has 7 heteroatoms. The molecule has 0 aliphatic carbocycles. The minimum absolute atomic E-state index is 0.00833. The van der Waals surface area contributed by atoms with Gasteiger partial charge in [0.25, 0.3) is 11.6 Å². The van der Waals surface area contributed by atoms with Gasteiger partial charge in [-0.15, -0.1) is 0 Å². The molecule has 1 aromatic rings. The molecule has 1 heterocycles. The molecule has 2 rings (SSSR count). The Morgan fingerprint density at radius 3 is 2.89 bits per heavy atom. The second-order valence-corrected chi connectivity index (χ2v) is 4.89. The van der Waals surface area contributed by atoms with Crippen LogP contribution in [0.3, 0.4) is 0 Å². The molecular formula is C12H13ClN2O4. The first-order valence-corrected chi connectivity index (χ1v) is 6.25. The monoisotopic (exact) mass is 284 g/mol. The van der Waals surface area contributed by atoms with Crippen LogP contribution < -0.4 is 0 Å². The Labute approximate surface area is 114 Å². The standard InChI is InChI=1S/C12H13ClN2O4/c13-9-2-1-3-10(15(18)19)11(9)12(17)14-5-4-8(6-14)7-16/h1-3,8,16H,4-7H2. The third-order valence-corrected chi connectivity index (χ3v) is 3.55. The second-order valence-electron chi connectivity index (χ2n) is 4.48. The van der Waals surface area contributed by atoms with E-state index in [1.54, 1.807) is 0 Å². The number of carbonyl (C=O) groups is 1. The molecular weight excluding hydrogens is 272 g/mol. The summed E-state index contributed by atoms with van der Waals surface area (Å²) in [6.07, 6.45) is 0.695. The van der Waals surface area contributed by atoms with Gasteiger partial charge in [0.05, 0.1) is 9.95 Å². The first-order valence-electron chi connectivity index (χ1n) is 5.87. The molecule has 0 radical (unpaired) electrons. The van der Waals surface area contributed by atoms with Crippen molar-refractivity contribution >= 4 is 23.2 Å². The number of hydrogen-bond acceptors (Lipinski definition) is 4. The minimum Gasteiger partial charge on any atom is -0.396 e. The quantitative estimate of drug-likeness (QED) is 0.676. The third-order valence-electron chi connectivity index (χ3n) is 3.23. The van der Waals surface area contributed by atoms with Gasteiger partial charge in [-0.25, -0.2) is 0 Å². The first kappa shape index (κ1) is 13.8. The van der Waals surface area contributed by atoms with Gasteiger partial charge in [0.2, 0.25) is 0 Å². The molecule has 1 aromatic carbocycles. The Balaban J connectivity index is 2.31. The number of nitrogens with zero attached hydrogens (tertiary/aromatic N) is 2. The molecule has 0 aromatic heterocycles. The molecule has 0 saturated carbocycles. The first-order chi connectivity index (χ1) is 9.04. The molecule has 19 heavy (non-hydrogen) atoms. The average Bonchev–Trinajstić information content (AvgIpc) is 2.86. The number of aliphatic hydroxyl groups excluding tert-OH is 1. The van der Waals surface area contributed by atoms with E-state index in [0.717, 1.165) is 0 Å². The van der Waals surface area contributed by atoms with Gasteiger partial charge < -0.3 is 10.0 Å². The van der Waals surface area contributed by atoms with Gasteiger partial charge in [-0.05, 0) is 12.5 Å². The summed E-state index contributed by atoms with van der Waals surface area (Å²) in [5.41, 5.74) is -0.363. The second kappa shape index (κ2) is 5.54. The zero-order valence-electron chi connectivity index (χ0n) is 10.1. The molecule has 1 unspecified atom stereocenters. The van der Waals surface area contributed by atoms with Gasteiger partial charge >= 0.3 is 0 Å². The highest BCUT2D eigenvalue weighted by molar-refractivity contribution is 6.34. The van der Waals surface area contributed by atoms with Gasteiger partial charge in [-0.3, -0.25) is 14.9 Å². The number of halogens is 1. The average molecular weight is 285 g/mol. The van der Waals surface area contributed by atoms with Crippen LogP contribution in [0.25, 0.3) is 0 Å². The lowest BCUT2D eigenvalue weighted by molar-refractivity contribution is -0.385. The van der Waals surface area contributed by atoms with Crippen LogP contribution in [-0.4, -0.2) is 40.5 Å². The number of hydrogen-bond donors (Lipinski definition) is 1. The van der Waals surface area contributed by atoms with Crippen molar-refractivity contribution in [3.63, 3.8) is 0 Å². The van der Waals surface area contributed by atoms with Crippen LogP contribution >= 0.6 is 11.6 Å². The number of aliphatic hydroxyl groups is 1. The molecule has 0 spiro atoms. The van der Waals surface area contributed by atoms with Crippen LogP contribution in [0.1, 0.15) is 16.8 Å². The maximum atomic E-state index is 12.3. The lowest BCUT2D eigenvalue weighted by Gasteiger charge is -2.16. The minimum atomic E-state index is -0.612. The Bertz CT molecular complexity index is 520. The highest BCUT2D eigenvalue weighted by Crippen LogP contribution is 2.29. The SMILES string of the molecule is O=C(c1c(Cl)cccc1[N+](=O)[O-])N1CCC(CO)C1. The van der Waals surface area contributed by atoms with Crippen molar-refractivity contribution in [2.24, 2.45) is 5.92 Å². The predicted octanol–water partition coefficient (Wildman–Crippen LogP) is 1.70. The summed E-state index contributed by atoms with van der Waals surface area (Å²) in [7, 11) is 0. The predicted molar refractivity (Wildman–Crippen MR) is 69.2 cm³/mol. The number of carbonyl (C=O) groups excluding carboxylic acids is 1. The van der Waals surface area contributed by atoms with Crippen molar-refractivity contribution in [2.45, 2.75) is 6.42 Å². The van der Waals surface area contributed by atoms with Crippen LogP contribution in [-0.2, 0) is 0 Å². The molecule has 1 N–H and O–H groups in total. The Morgan fingerprint density at radius 2 is 2.32 bits per heavy atom. The van der Waals surface area contributed by atoms with E-state index in [-0.39, 0.29) is 28.8 Å². The van der Waals surface area contributed by atoms with Gasteiger partial charge in [0, 0.05) is 31.7 Å². The summed E-state index contributed by atoms with van der Waals surface area (Å²) in [4.78, 5) is 24.1. The molecule has 1 amide bonds. The Kier molecular flexibility index (Phi) is 4.01. The highest BCUT2D eigenvalue weighted by Gasteiger charge is 2.31. The highest BCUT2D eigenvalue weighted by atomic mass is 35.5. The summed E-state index contributed by atoms with van der Waals surface area (Å²) in [5.74, 6) is -0.418. The molecule has 102 valence electrons. The van der Waals surface area contributed by atoms with Crippen LogP contribution in [0.2, 0.25) is 5.02 Å². The largest absolute Gasteiger partial charge is 0.396 e. The smallest absolute Gasteiger partial charge is 0.283 e. The van der Waals surface area contributed by atoms with Crippen molar-refractivity contribution in [1.29, 1.82) is 0 Å².